The van der Waals surface area contributed by atoms with Crippen molar-refractivity contribution in [1.82, 2.24) is 0 Å². The van der Waals surface area contributed by atoms with Gasteiger partial charge in [0.05, 0.1) is 7.11 Å². The highest BCUT2D eigenvalue weighted by Crippen LogP contribution is 2.41. The maximum absolute atomic E-state index is 13.9. The van der Waals surface area contributed by atoms with Crippen molar-refractivity contribution in [2.75, 3.05) is 7.11 Å². The first-order chi connectivity index (χ1) is 7.58. The first-order valence-corrected chi connectivity index (χ1v) is 5.71. The van der Waals surface area contributed by atoms with Crippen LogP contribution in [0.2, 0.25) is 0 Å². The molecule has 1 aromatic carbocycles. The van der Waals surface area contributed by atoms with Gasteiger partial charge in [-0.15, -0.1) is 0 Å². The molecular weight excluding hydrogens is 205 g/mol. The fraction of sp³-hybridized carbons (Fsp3) is 0.538. The van der Waals surface area contributed by atoms with Gasteiger partial charge in [0, 0.05) is 11.1 Å². The van der Waals surface area contributed by atoms with Crippen molar-refractivity contribution in [1.29, 1.82) is 0 Å². The summed E-state index contributed by atoms with van der Waals surface area (Å²) >= 11 is 0. The van der Waals surface area contributed by atoms with E-state index in [1.807, 2.05) is 6.92 Å². The molecule has 1 fully saturated rings. The summed E-state index contributed by atoms with van der Waals surface area (Å²) in [7, 11) is 1.60. The number of hydrogen-bond donors (Lipinski definition) is 1. The highest BCUT2D eigenvalue weighted by molar-refractivity contribution is 5.44. The fourth-order valence-corrected chi connectivity index (χ4v) is 2.75. The normalized spacial score (nSPS) is 18.8. The molecule has 0 bridgehead atoms. The Morgan fingerprint density at radius 2 is 1.94 bits per heavy atom. The SMILES string of the molecule is COc1ccc(F)c(C2(N)CCCC2)c1C. The quantitative estimate of drug-likeness (QED) is 0.836. The van der Waals surface area contributed by atoms with Gasteiger partial charge in [0.1, 0.15) is 11.6 Å². The summed E-state index contributed by atoms with van der Waals surface area (Å²) < 4.78 is 19.2. The zero-order valence-corrected chi connectivity index (χ0v) is 9.85. The highest BCUT2D eigenvalue weighted by Gasteiger charge is 2.35. The molecule has 1 aliphatic rings. The Balaban J connectivity index is 2.54. The molecule has 0 radical (unpaired) electrons. The van der Waals surface area contributed by atoms with Crippen LogP contribution in [0.1, 0.15) is 36.8 Å². The lowest BCUT2D eigenvalue weighted by molar-refractivity contribution is 0.395. The second-order valence-electron chi connectivity index (χ2n) is 4.61. The average Bonchev–Trinajstić information content (AvgIpc) is 2.66. The predicted octanol–water partition coefficient (Wildman–Crippen LogP) is 2.87. The van der Waals surface area contributed by atoms with Gasteiger partial charge in [-0.25, -0.2) is 4.39 Å². The Kier molecular flexibility index (Phi) is 2.89. The Morgan fingerprint density at radius 1 is 1.31 bits per heavy atom. The molecule has 16 heavy (non-hydrogen) atoms. The molecule has 0 spiro atoms. The number of rotatable bonds is 2. The standard InChI is InChI=1S/C13H18FNO/c1-9-11(16-2)6-5-10(14)12(9)13(15)7-3-4-8-13/h5-6H,3-4,7-8,15H2,1-2H3. The van der Waals surface area contributed by atoms with E-state index in [1.165, 1.54) is 6.07 Å². The summed E-state index contributed by atoms with van der Waals surface area (Å²) in [5.41, 5.74) is 7.30. The number of methoxy groups -OCH3 is 1. The molecule has 2 rings (SSSR count). The second-order valence-corrected chi connectivity index (χ2v) is 4.61. The van der Waals surface area contributed by atoms with Gasteiger partial charge in [-0.05, 0) is 37.5 Å². The van der Waals surface area contributed by atoms with Crippen LogP contribution in [0.5, 0.6) is 5.75 Å². The van der Waals surface area contributed by atoms with Gasteiger partial charge in [0.15, 0.2) is 0 Å². The topological polar surface area (TPSA) is 35.2 Å². The molecule has 0 saturated heterocycles. The molecule has 3 heteroatoms. The van der Waals surface area contributed by atoms with Crippen LogP contribution in [0.4, 0.5) is 4.39 Å². The molecule has 0 aliphatic heterocycles. The third kappa shape index (κ3) is 1.69. The van der Waals surface area contributed by atoms with E-state index in [0.29, 0.717) is 11.3 Å². The minimum Gasteiger partial charge on any atom is -0.496 e. The van der Waals surface area contributed by atoms with Crippen LogP contribution >= 0.6 is 0 Å². The highest BCUT2D eigenvalue weighted by atomic mass is 19.1. The Bertz CT molecular complexity index is 397. The molecule has 1 aromatic rings. The molecular formula is C13H18FNO. The molecule has 1 saturated carbocycles. The number of nitrogens with two attached hydrogens (primary N) is 1. The van der Waals surface area contributed by atoms with Gasteiger partial charge >= 0.3 is 0 Å². The van der Waals surface area contributed by atoms with Crippen molar-refractivity contribution in [3.63, 3.8) is 0 Å². The summed E-state index contributed by atoms with van der Waals surface area (Å²) in [5.74, 6) is 0.510. The van der Waals surface area contributed by atoms with Gasteiger partial charge in [-0.2, -0.15) is 0 Å². The lowest BCUT2D eigenvalue weighted by Crippen LogP contribution is -2.35. The second kappa shape index (κ2) is 4.06. The van der Waals surface area contributed by atoms with E-state index < -0.39 is 5.54 Å². The molecule has 0 heterocycles. The molecule has 2 nitrogen and oxygen atoms in total. The number of ether oxygens (including phenoxy) is 1. The van der Waals surface area contributed by atoms with Gasteiger partial charge in [-0.3, -0.25) is 0 Å². The minimum absolute atomic E-state index is 0.206. The summed E-state index contributed by atoms with van der Waals surface area (Å²) in [5, 5.41) is 0. The van der Waals surface area contributed by atoms with Crippen molar-refractivity contribution in [2.24, 2.45) is 5.73 Å². The monoisotopic (exact) mass is 223 g/mol. The van der Waals surface area contributed by atoms with Crippen LogP contribution in [-0.2, 0) is 5.54 Å². The summed E-state index contributed by atoms with van der Waals surface area (Å²) in [6.45, 7) is 1.88. The van der Waals surface area contributed by atoms with Crippen LogP contribution in [0, 0.1) is 12.7 Å². The Morgan fingerprint density at radius 3 is 2.50 bits per heavy atom. The number of benzene rings is 1. The zero-order chi connectivity index (χ0) is 11.8. The summed E-state index contributed by atoms with van der Waals surface area (Å²) in [6.07, 6.45) is 3.87. The summed E-state index contributed by atoms with van der Waals surface area (Å²) in [6, 6.07) is 3.11. The largest absolute Gasteiger partial charge is 0.496 e. The van der Waals surface area contributed by atoms with E-state index in [1.54, 1.807) is 13.2 Å². The molecule has 0 atom stereocenters. The van der Waals surface area contributed by atoms with E-state index in [4.69, 9.17) is 10.5 Å². The van der Waals surface area contributed by atoms with Crippen LogP contribution in [0.3, 0.4) is 0 Å². The first kappa shape index (κ1) is 11.4. The van der Waals surface area contributed by atoms with Crippen LogP contribution < -0.4 is 10.5 Å². The minimum atomic E-state index is -0.497. The third-order valence-corrected chi connectivity index (χ3v) is 3.58. The molecule has 0 aromatic heterocycles. The van der Waals surface area contributed by atoms with Crippen molar-refractivity contribution in [2.45, 2.75) is 38.1 Å². The number of hydrogen-bond acceptors (Lipinski definition) is 2. The zero-order valence-electron chi connectivity index (χ0n) is 9.85. The van der Waals surface area contributed by atoms with Crippen molar-refractivity contribution < 1.29 is 9.13 Å². The van der Waals surface area contributed by atoms with Crippen LogP contribution in [0.25, 0.3) is 0 Å². The average molecular weight is 223 g/mol. The lowest BCUT2D eigenvalue weighted by Gasteiger charge is -2.27. The van der Waals surface area contributed by atoms with Crippen molar-refractivity contribution in [3.05, 3.63) is 29.1 Å². The fourth-order valence-electron chi connectivity index (χ4n) is 2.75. The van der Waals surface area contributed by atoms with Gasteiger partial charge < -0.3 is 10.5 Å². The molecule has 0 amide bonds. The molecule has 2 N–H and O–H groups in total. The third-order valence-electron chi connectivity index (χ3n) is 3.58. The number of halogens is 1. The van der Waals surface area contributed by atoms with E-state index in [0.717, 1.165) is 31.2 Å². The molecule has 1 aliphatic carbocycles. The van der Waals surface area contributed by atoms with E-state index in [2.05, 4.69) is 0 Å². The lowest BCUT2D eigenvalue weighted by atomic mass is 9.85. The van der Waals surface area contributed by atoms with Crippen LogP contribution in [-0.4, -0.2) is 7.11 Å². The summed E-state index contributed by atoms with van der Waals surface area (Å²) in [4.78, 5) is 0. The van der Waals surface area contributed by atoms with E-state index in [-0.39, 0.29) is 5.82 Å². The smallest absolute Gasteiger partial charge is 0.128 e. The Hall–Kier alpha value is -1.09. The first-order valence-electron chi connectivity index (χ1n) is 5.71. The van der Waals surface area contributed by atoms with E-state index in [9.17, 15) is 4.39 Å². The predicted molar refractivity (Wildman–Crippen MR) is 62.0 cm³/mol. The molecule has 0 unspecified atom stereocenters. The van der Waals surface area contributed by atoms with Gasteiger partial charge in [0.2, 0.25) is 0 Å². The van der Waals surface area contributed by atoms with Crippen molar-refractivity contribution >= 4 is 0 Å². The Labute approximate surface area is 95.6 Å². The van der Waals surface area contributed by atoms with Crippen LogP contribution in [0.15, 0.2) is 12.1 Å². The van der Waals surface area contributed by atoms with Gasteiger partial charge in [0.25, 0.3) is 0 Å². The van der Waals surface area contributed by atoms with E-state index >= 15 is 0 Å². The molecule has 88 valence electrons. The van der Waals surface area contributed by atoms with Crippen molar-refractivity contribution in [3.8, 4) is 5.75 Å². The maximum Gasteiger partial charge on any atom is 0.128 e. The van der Waals surface area contributed by atoms with Gasteiger partial charge in [-0.1, -0.05) is 12.8 Å². The maximum atomic E-state index is 13.9.